The van der Waals surface area contributed by atoms with E-state index in [1.165, 1.54) is 44.6 Å². The number of carbonyl (C=O) groups excluding carboxylic acids is 4. The van der Waals surface area contributed by atoms with Gasteiger partial charge in [0.2, 0.25) is 17.0 Å². The van der Waals surface area contributed by atoms with Gasteiger partial charge in [-0.2, -0.15) is 0 Å². The number of aromatic amines is 1. The third-order valence-electron chi connectivity index (χ3n) is 6.86. The molecule has 12 nitrogen and oxygen atoms in total. The Morgan fingerprint density at radius 3 is 2.47 bits per heavy atom. The summed E-state index contributed by atoms with van der Waals surface area (Å²) in [5, 5.41) is 8.86. The van der Waals surface area contributed by atoms with Crippen LogP contribution >= 0.6 is 11.8 Å². The smallest absolute Gasteiger partial charge is 0.338 e. The Hall–Kier alpha value is -5.30. The van der Waals surface area contributed by atoms with Crippen LogP contribution in [0.25, 0.3) is 22.1 Å². The van der Waals surface area contributed by atoms with Crippen LogP contribution < -0.4 is 14.4 Å². The van der Waals surface area contributed by atoms with E-state index in [0.29, 0.717) is 33.9 Å². The van der Waals surface area contributed by atoms with E-state index >= 15 is 0 Å². The third kappa shape index (κ3) is 5.37. The summed E-state index contributed by atoms with van der Waals surface area (Å²) < 4.78 is 15.6. The van der Waals surface area contributed by atoms with Crippen molar-refractivity contribution in [3.63, 3.8) is 0 Å². The number of Topliss-reactive ketones (excluding diaryl/α,β-unsaturated/α-hetero) is 1. The molecule has 13 heteroatoms. The number of amides is 2. The number of ether oxygens (including phenoxy) is 3. The number of nitrogens with one attached hydrogen (secondary N) is 1. The van der Waals surface area contributed by atoms with Crippen molar-refractivity contribution in [3.8, 4) is 11.5 Å². The van der Waals surface area contributed by atoms with Crippen LogP contribution in [0.15, 0.2) is 71.9 Å². The number of carbonyl (C=O) groups is 4. The van der Waals surface area contributed by atoms with Crippen molar-refractivity contribution in [1.29, 1.82) is 0 Å². The number of benzene rings is 3. The average Bonchev–Trinajstić information content (AvgIpc) is 3.54. The molecule has 216 valence electrons. The van der Waals surface area contributed by atoms with Gasteiger partial charge in [0.15, 0.2) is 29.5 Å². The number of para-hydroxylation sites is 1. The summed E-state index contributed by atoms with van der Waals surface area (Å²) in [4.78, 5) is 59.9. The maximum absolute atomic E-state index is 13.2. The number of hydrogen-bond donors (Lipinski definition) is 1. The van der Waals surface area contributed by atoms with Crippen LogP contribution in [0.5, 0.6) is 11.5 Å². The minimum atomic E-state index is -0.733. The molecule has 1 aliphatic heterocycles. The molecule has 2 aromatic heterocycles. The van der Waals surface area contributed by atoms with Gasteiger partial charge in [-0.1, -0.05) is 30.0 Å². The van der Waals surface area contributed by atoms with Gasteiger partial charge >= 0.3 is 5.97 Å². The number of H-pyrrole nitrogens is 1. The van der Waals surface area contributed by atoms with E-state index in [2.05, 4.69) is 20.2 Å². The van der Waals surface area contributed by atoms with Crippen molar-refractivity contribution < 1.29 is 33.4 Å². The first kappa shape index (κ1) is 27.8. The topological polar surface area (TPSA) is 154 Å². The SMILES string of the molecule is COc1ccc(C(=O)COC(=O)c2ccc(N3C(=O)CC(Sc4nnc5c(n4)[nH]c4ccccc45)C3=O)cc2)cc1OC. The van der Waals surface area contributed by atoms with Crippen molar-refractivity contribution in [2.75, 3.05) is 25.7 Å². The monoisotopic (exact) mass is 597 g/mol. The first-order valence-corrected chi connectivity index (χ1v) is 13.9. The number of ketones is 1. The number of esters is 1. The van der Waals surface area contributed by atoms with Crippen molar-refractivity contribution in [2.45, 2.75) is 16.8 Å². The molecule has 1 atom stereocenters. The van der Waals surface area contributed by atoms with Gasteiger partial charge in [-0.3, -0.25) is 14.4 Å². The van der Waals surface area contributed by atoms with Crippen molar-refractivity contribution in [1.82, 2.24) is 20.2 Å². The van der Waals surface area contributed by atoms with Crippen LogP contribution in [-0.4, -0.2) is 69.8 Å². The van der Waals surface area contributed by atoms with Gasteiger partial charge in [0, 0.05) is 22.9 Å². The molecule has 6 rings (SSSR count). The molecule has 1 aliphatic rings. The minimum Gasteiger partial charge on any atom is -0.493 e. The third-order valence-corrected chi connectivity index (χ3v) is 7.89. The molecule has 0 aliphatic carbocycles. The predicted molar refractivity (Wildman–Crippen MR) is 157 cm³/mol. The minimum absolute atomic E-state index is 0.0420. The predicted octanol–water partition coefficient (Wildman–Crippen LogP) is 3.99. The lowest BCUT2D eigenvalue weighted by atomic mass is 10.1. The summed E-state index contributed by atoms with van der Waals surface area (Å²) in [5.74, 6) is -1.13. The van der Waals surface area contributed by atoms with Crippen LogP contribution in [0.4, 0.5) is 5.69 Å². The second-order valence-corrected chi connectivity index (χ2v) is 10.6. The molecule has 3 aromatic carbocycles. The van der Waals surface area contributed by atoms with E-state index in [-0.39, 0.29) is 17.1 Å². The lowest BCUT2D eigenvalue weighted by Gasteiger charge is -2.15. The quantitative estimate of drug-likeness (QED) is 0.149. The second kappa shape index (κ2) is 11.5. The molecule has 1 saturated heterocycles. The fraction of sp³-hybridized carbons (Fsp3) is 0.167. The maximum atomic E-state index is 13.2. The van der Waals surface area contributed by atoms with Crippen molar-refractivity contribution in [3.05, 3.63) is 77.9 Å². The molecule has 5 aromatic rings. The lowest BCUT2D eigenvalue weighted by molar-refractivity contribution is -0.121. The number of rotatable bonds is 9. The van der Waals surface area contributed by atoms with Gasteiger partial charge in [-0.25, -0.2) is 14.7 Å². The summed E-state index contributed by atoms with van der Waals surface area (Å²) in [6, 6.07) is 18.1. The van der Waals surface area contributed by atoms with Crippen molar-refractivity contribution in [2.24, 2.45) is 0 Å². The summed E-state index contributed by atoms with van der Waals surface area (Å²) in [6.45, 7) is -0.487. The van der Waals surface area contributed by atoms with Gasteiger partial charge in [0.1, 0.15) is 10.8 Å². The standard InChI is InChI=1S/C30H23N5O7S/c1-40-22-12-9-17(13-23(22)41-2)21(36)15-42-29(39)16-7-10-18(11-8-16)35-25(37)14-24(28(35)38)43-30-32-27-26(33-34-30)19-5-3-4-6-20(19)31-27/h3-13,24H,14-15H2,1-2H3,(H,31,32,34). The fourth-order valence-corrected chi connectivity index (χ4v) is 5.62. The Morgan fingerprint density at radius 2 is 1.70 bits per heavy atom. The zero-order valence-corrected chi connectivity index (χ0v) is 23.7. The van der Waals surface area contributed by atoms with Gasteiger partial charge in [0.05, 0.1) is 25.5 Å². The number of anilines is 1. The number of nitrogens with zero attached hydrogens (tertiary/aromatic N) is 4. The molecule has 43 heavy (non-hydrogen) atoms. The molecule has 1 unspecified atom stereocenters. The highest BCUT2D eigenvalue weighted by atomic mass is 32.2. The van der Waals surface area contributed by atoms with Crippen molar-refractivity contribution >= 4 is 63.1 Å². The van der Waals surface area contributed by atoms with E-state index in [9.17, 15) is 19.2 Å². The fourth-order valence-electron chi connectivity index (χ4n) is 4.70. The summed E-state index contributed by atoms with van der Waals surface area (Å²) in [6.07, 6.45) is -0.0420. The molecule has 3 heterocycles. The highest BCUT2D eigenvalue weighted by Gasteiger charge is 2.41. The Balaban J connectivity index is 1.09. The van der Waals surface area contributed by atoms with Gasteiger partial charge < -0.3 is 19.2 Å². The number of hydrogen-bond acceptors (Lipinski definition) is 11. The number of fused-ring (bicyclic) bond motifs is 3. The van der Waals surface area contributed by atoms with E-state index in [4.69, 9.17) is 14.2 Å². The average molecular weight is 598 g/mol. The highest BCUT2D eigenvalue weighted by Crippen LogP contribution is 2.33. The molecule has 1 fully saturated rings. The van der Waals surface area contributed by atoms with Crippen LogP contribution in [-0.2, 0) is 14.3 Å². The van der Waals surface area contributed by atoms with Crippen LogP contribution in [0.3, 0.4) is 0 Å². The molecule has 0 spiro atoms. The van der Waals surface area contributed by atoms with Gasteiger partial charge in [-0.05, 0) is 48.5 Å². The highest BCUT2D eigenvalue weighted by molar-refractivity contribution is 8.00. The Kier molecular flexibility index (Phi) is 7.47. The molecule has 2 amide bonds. The zero-order valence-electron chi connectivity index (χ0n) is 22.9. The van der Waals surface area contributed by atoms with E-state index in [0.717, 1.165) is 27.6 Å². The molecular formula is C30H23N5O7S. The molecule has 1 N–H and O–H groups in total. The number of imide groups is 1. The van der Waals surface area contributed by atoms with Gasteiger partial charge in [0.25, 0.3) is 0 Å². The van der Waals surface area contributed by atoms with Gasteiger partial charge in [-0.15, -0.1) is 10.2 Å². The zero-order chi connectivity index (χ0) is 30.1. The van der Waals surface area contributed by atoms with Crippen LogP contribution in [0.1, 0.15) is 27.1 Å². The number of methoxy groups -OCH3 is 2. The first-order valence-electron chi connectivity index (χ1n) is 13.0. The first-order chi connectivity index (χ1) is 20.9. The normalized spacial score (nSPS) is 14.8. The summed E-state index contributed by atoms with van der Waals surface area (Å²) in [7, 11) is 2.94. The summed E-state index contributed by atoms with van der Waals surface area (Å²) in [5.41, 5.74) is 2.79. The molecule has 0 saturated carbocycles. The molecule has 0 radical (unpaired) electrons. The second-order valence-electron chi connectivity index (χ2n) is 9.46. The Bertz CT molecular complexity index is 1910. The Labute approximate surface area is 248 Å². The molecular weight excluding hydrogens is 574 g/mol. The van der Waals surface area contributed by atoms with E-state index in [1.807, 2.05) is 24.3 Å². The number of thioether (sulfide) groups is 1. The van der Waals surface area contributed by atoms with Crippen LogP contribution in [0, 0.1) is 0 Å². The number of aromatic nitrogens is 4. The summed E-state index contributed by atoms with van der Waals surface area (Å²) >= 11 is 1.07. The van der Waals surface area contributed by atoms with E-state index in [1.54, 1.807) is 12.1 Å². The lowest BCUT2D eigenvalue weighted by Crippen LogP contribution is -2.31. The van der Waals surface area contributed by atoms with Crippen LogP contribution in [0.2, 0.25) is 0 Å². The van der Waals surface area contributed by atoms with E-state index < -0.39 is 35.4 Å². The largest absolute Gasteiger partial charge is 0.493 e. The Morgan fingerprint density at radius 1 is 0.953 bits per heavy atom. The molecule has 0 bridgehead atoms. The maximum Gasteiger partial charge on any atom is 0.338 e.